The van der Waals surface area contributed by atoms with E-state index >= 15 is 0 Å². The topological polar surface area (TPSA) is 77.7 Å². The molecule has 3 atom stereocenters. The minimum atomic E-state index is -0.285. The first-order valence-electron chi connectivity index (χ1n) is 6.74. The molecule has 2 rings (SSSR count). The Kier molecular flexibility index (Phi) is 5.15. The monoisotopic (exact) mass is 272 g/mol. The molecule has 6 heteroatoms. The van der Waals surface area contributed by atoms with Crippen molar-refractivity contribution in [2.45, 2.75) is 38.4 Å². The van der Waals surface area contributed by atoms with Gasteiger partial charge in [0.2, 0.25) is 0 Å². The lowest BCUT2D eigenvalue weighted by Crippen LogP contribution is -2.21. The third-order valence-corrected chi connectivity index (χ3v) is 3.17. The predicted molar refractivity (Wildman–Crippen MR) is 64.4 cm³/mol. The van der Waals surface area contributed by atoms with Crippen molar-refractivity contribution in [3.63, 3.8) is 0 Å². The second kappa shape index (κ2) is 6.86. The predicted octanol–water partition coefficient (Wildman–Crippen LogP) is 0.677. The molecule has 0 saturated carbocycles. The van der Waals surface area contributed by atoms with Crippen molar-refractivity contribution >= 4 is 11.9 Å². The van der Waals surface area contributed by atoms with Gasteiger partial charge < -0.3 is 18.9 Å². The first-order valence-corrected chi connectivity index (χ1v) is 6.74. The van der Waals surface area contributed by atoms with Crippen LogP contribution >= 0.6 is 0 Å². The highest BCUT2D eigenvalue weighted by Gasteiger charge is 2.27. The van der Waals surface area contributed by atoms with Gasteiger partial charge in [-0.15, -0.1) is 0 Å². The van der Waals surface area contributed by atoms with Crippen LogP contribution in [0.4, 0.5) is 0 Å². The van der Waals surface area contributed by atoms with Gasteiger partial charge in [-0.3, -0.25) is 9.59 Å². The maximum Gasteiger partial charge on any atom is 0.309 e. The normalized spacial score (nSPS) is 25.5. The third kappa shape index (κ3) is 5.57. The van der Waals surface area contributed by atoms with Crippen molar-refractivity contribution in [1.82, 2.24) is 0 Å². The molecule has 2 aliphatic rings. The molecule has 6 nitrogen and oxygen atoms in total. The molecule has 3 unspecified atom stereocenters. The van der Waals surface area contributed by atoms with E-state index in [1.807, 2.05) is 6.92 Å². The van der Waals surface area contributed by atoms with Gasteiger partial charge in [0.15, 0.2) is 0 Å². The second-order valence-corrected chi connectivity index (χ2v) is 4.87. The summed E-state index contributed by atoms with van der Waals surface area (Å²) in [4.78, 5) is 23.2. The Morgan fingerprint density at radius 1 is 1.16 bits per heavy atom. The molecule has 0 spiro atoms. The zero-order valence-electron chi connectivity index (χ0n) is 11.1. The van der Waals surface area contributed by atoms with Crippen molar-refractivity contribution in [3.05, 3.63) is 0 Å². The Bertz CT molecular complexity index is 321. The molecule has 0 aromatic heterocycles. The number of carbonyl (C=O) groups excluding carboxylic acids is 2. The number of hydrogen-bond acceptors (Lipinski definition) is 6. The van der Waals surface area contributed by atoms with Crippen LogP contribution in [0.3, 0.4) is 0 Å². The summed E-state index contributed by atoms with van der Waals surface area (Å²) in [5.41, 5.74) is 0. The number of rotatable bonds is 9. The van der Waals surface area contributed by atoms with Crippen LogP contribution < -0.4 is 0 Å². The minimum absolute atomic E-state index is 0.0740. The maximum absolute atomic E-state index is 11.7. The molecule has 19 heavy (non-hydrogen) atoms. The summed E-state index contributed by atoms with van der Waals surface area (Å²) in [5.74, 6) is -0.785. The van der Waals surface area contributed by atoms with E-state index < -0.39 is 0 Å². The van der Waals surface area contributed by atoms with Gasteiger partial charge in [-0.2, -0.15) is 0 Å². The van der Waals surface area contributed by atoms with Gasteiger partial charge in [-0.1, -0.05) is 6.92 Å². The summed E-state index contributed by atoms with van der Waals surface area (Å²) in [6, 6.07) is 0. The summed E-state index contributed by atoms with van der Waals surface area (Å²) >= 11 is 0. The zero-order valence-corrected chi connectivity index (χ0v) is 11.1. The van der Waals surface area contributed by atoms with Crippen molar-refractivity contribution in [2.75, 3.05) is 26.4 Å². The molecular formula is C13H20O6. The Morgan fingerprint density at radius 2 is 1.74 bits per heavy atom. The molecular weight excluding hydrogens is 252 g/mol. The molecule has 0 bridgehead atoms. The van der Waals surface area contributed by atoms with E-state index in [1.165, 1.54) is 0 Å². The smallest absolute Gasteiger partial charge is 0.309 e. The average molecular weight is 272 g/mol. The Hall–Kier alpha value is -1.14. The average Bonchev–Trinajstić information content (AvgIpc) is 3.29. The molecule has 0 aromatic rings. The van der Waals surface area contributed by atoms with E-state index in [-0.39, 0.29) is 36.5 Å². The van der Waals surface area contributed by atoms with Gasteiger partial charge in [0.05, 0.1) is 19.1 Å². The lowest BCUT2D eigenvalue weighted by atomic mass is 10.0. The number of carbonyl (C=O) groups is 2. The number of epoxide rings is 2. The van der Waals surface area contributed by atoms with Crippen LogP contribution in [0.2, 0.25) is 0 Å². The zero-order chi connectivity index (χ0) is 13.7. The first-order chi connectivity index (χ1) is 9.19. The Balaban J connectivity index is 1.59. The summed E-state index contributed by atoms with van der Waals surface area (Å²) in [7, 11) is 0. The molecule has 2 heterocycles. The van der Waals surface area contributed by atoms with Crippen molar-refractivity contribution in [1.29, 1.82) is 0 Å². The summed E-state index contributed by atoms with van der Waals surface area (Å²) in [6.45, 7) is 3.88. The van der Waals surface area contributed by atoms with Crippen molar-refractivity contribution in [3.8, 4) is 0 Å². The lowest BCUT2D eigenvalue weighted by molar-refractivity contribution is -0.150. The van der Waals surface area contributed by atoms with E-state index in [0.29, 0.717) is 39.3 Å². The molecule has 0 aliphatic carbocycles. The molecule has 0 N–H and O–H groups in total. The Labute approximate surface area is 112 Å². The van der Waals surface area contributed by atoms with Crippen LogP contribution in [0.25, 0.3) is 0 Å². The summed E-state index contributed by atoms with van der Waals surface area (Å²) in [5, 5.41) is 0. The van der Waals surface area contributed by atoms with E-state index in [4.69, 9.17) is 18.9 Å². The highest BCUT2D eigenvalue weighted by atomic mass is 16.6. The second-order valence-electron chi connectivity index (χ2n) is 4.87. The van der Waals surface area contributed by atoms with Crippen LogP contribution in [0.15, 0.2) is 0 Å². The van der Waals surface area contributed by atoms with Crippen LogP contribution in [0.5, 0.6) is 0 Å². The molecule has 2 fully saturated rings. The molecule has 108 valence electrons. The number of ether oxygens (including phenoxy) is 4. The largest absolute Gasteiger partial charge is 0.463 e. The van der Waals surface area contributed by atoms with E-state index in [1.54, 1.807) is 0 Å². The third-order valence-electron chi connectivity index (χ3n) is 3.17. The standard InChI is InChI=1S/C13H20O6/c1-2-9(13(15)19-8-11-6-17-11)3-4-12(14)18-7-10-5-16-10/h9-11H,2-8H2,1H3. The summed E-state index contributed by atoms with van der Waals surface area (Å²) in [6.07, 6.45) is 1.51. The fraction of sp³-hybridized carbons (Fsp3) is 0.846. The van der Waals surface area contributed by atoms with Crippen molar-refractivity contribution in [2.24, 2.45) is 5.92 Å². The van der Waals surface area contributed by atoms with Crippen molar-refractivity contribution < 1.29 is 28.5 Å². The molecule has 2 saturated heterocycles. The van der Waals surface area contributed by atoms with Gasteiger partial charge in [-0.05, 0) is 12.8 Å². The number of hydrogen-bond donors (Lipinski definition) is 0. The van der Waals surface area contributed by atoms with Gasteiger partial charge >= 0.3 is 11.9 Å². The highest BCUT2D eigenvalue weighted by Crippen LogP contribution is 2.16. The quantitative estimate of drug-likeness (QED) is 0.453. The molecule has 0 amide bonds. The lowest BCUT2D eigenvalue weighted by Gasteiger charge is -2.13. The molecule has 2 aliphatic heterocycles. The highest BCUT2D eigenvalue weighted by molar-refractivity contribution is 5.74. The van der Waals surface area contributed by atoms with E-state index in [2.05, 4.69) is 0 Å². The minimum Gasteiger partial charge on any atom is -0.463 e. The summed E-state index contributed by atoms with van der Waals surface area (Å²) < 4.78 is 20.0. The van der Waals surface area contributed by atoms with Gasteiger partial charge in [0, 0.05) is 6.42 Å². The molecule has 0 radical (unpaired) electrons. The van der Waals surface area contributed by atoms with E-state index in [9.17, 15) is 9.59 Å². The van der Waals surface area contributed by atoms with Crippen LogP contribution in [-0.4, -0.2) is 50.6 Å². The van der Waals surface area contributed by atoms with Gasteiger partial charge in [-0.25, -0.2) is 0 Å². The maximum atomic E-state index is 11.7. The number of esters is 2. The first kappa shape index (κ1) is 14.3. The van der Waals surface area contributed by atoms with Gasteiger partial charge in [0.1, 0.15) is 25.4 Å². The fourth-order valence-electron chi connectivity index (χ4n) is 1.66. The van der Waals surface area contributed by atoms with Crippen LogP contribution in [-0.2, 0) is 28.5 Å². The van der Waals surface area contributed by atoms with Crippen LogP contribution in [0.1, 0.15) is 26.2 Å². The fourth-order valence-corrected chi connectivity index (χ4v) is 1.66. The molecule has 0 aromatic carbocycles. The van der Waals surface area contributed by atoms with Gasteiger partial charge in [0.25, 0.3) is 0 Å². The van der Waals surface area contributed by atoms with E-state index in [0.717, 1.165) is 0 Å². The SMILES string of the molecule is CCC(CCC(=O)OCC1CO1)C(=O)OCC1CO1. The van der Waals surface area contributed by atoms with Crippen LogP contribution in [0, 0.1) is 5.92 Å². The Morgan fingerprint density at radius 3 is 2.26 bits per heavy atom.